The molecule has 4 N–H and O–H groups in total. The Morgan fingerprint density at radius 2 is 1.95 bits per heavy atom. The van der Waals surface area contributed by atoms with E-state index in [1.165, 1.54) is 24.3 Å². The highest BCUT2D eigenvalue weighted by Crippen LogP contribution is 2.37. The minimum atomic E-state index is -4.63. The molecule has 10 heteroatoms. The Hall–Kier alpha value is -1.51. The molecule has 1 aromatic carbocycles. The van der Waals surface area contributed by atoms with Crippen LogP contribution in [0.25, 0.3) is 0 Å². The van der Waals surface area contributed by atoms with Gasteiger partial charge < -0.3 is 20.3 Å². The molecule has 1 unspecified atom stereocenters. The van der Waals surface area contributed by atoms with Crippen LogP contribution in [0.2, 0.25) is 0 Å². The van der Waals surface area contributed by atoms with Gasteiger partial charge in [0.1, 0.15) is 18.5 Å². The molecule has 1 aromatic rings. The van der Waals surface area contributed by atoms with E-state index in [0.717, 1.165) is 0 Å². The van der Waals surface area contributed by atoms with Gasteiger partial charge in [0.15, 0.2) is 0 Å². The Labute approximate surface area is 108 Å². The molecule has 0 spiro atoms. The summed E-state index contributed by atoms with van der Waals surface area (Å²) < 4.78 is 20.2. The van der Waals surface area contributed by atoms with Gasteiger partial charge in [0, 0.05) is 18.7 Å². The number of ether oxygens (including phenoxy) is 1. The zero-order valence-corrected chi connectivity index (χ0v) is 10.6. The number of nitro benzene ring substituents is 1. The highest BCUT2D eigenvalue weighted by Gasteiger charge is 2.21. The van der Waals surface area contributed by atoms with E-state index >= 15 is 0 Å². The zero-order valence-electron chi connectivity index (χ0n) is 9.71. The van der Waals surface area contributed by atoms with Crippen molar-refractivity contribution in [2.45, 2.75) is 6.10 Å². The highest BCUT2D eigenvalue weighted by molar-refractivity contribution is 7.46. The number of nitrogens with two attached hydrogens (primary N) is 1. The summed E-state index contributed by atoms with van der Waals surface area (Å²) >= 11 is 0. The number of hydrogen-bond donors (Lipinski definition) is 3. The molecule has 0 heterocycles. The normalized spacial score (nSPS) is 13.0. The van der Waals surface area contributed by atoms with Crippen LogP contribution in [0.1, 0.15) is 0 Å². The smallest absolute Gasteiger partial charge is 0.470 e. The molecule has 0 saturated carbocycles. The molecule has 0 aliphatic carbocycles. The number of rotatable bonds is 7. The summed E-state index contributed by atoms with van der Waals surface area (Å²) in [5.74, 6) is 0.304. The van der Waals surface area contributed by atoms with Gasteiger partial charge in [-0.05, 0) is 12.1 Å². The van der Waals surface area contributed by atoms with E-state index in [1.807, 2.05) is 0 Å². The van der Waals surface area contributed by atoms with Crippen molar-refractivity contribution in [2.24, 2.45) is 5.73 Å². The number of non-ortho nitro benzene ring substituents is 1. The molecule has 0 aliphatic heterocycles. The van der Waals surface area contributed by atoms with E-state index in [-0.39, 0.29) is 18.8 Å². The van der Waals surface area contributed by atoms with Crippen LogP contribution in [0, 0.1) is 10.1 Å². The summed E-state index contributed by atoms with van der Waals surface area (Å²) in [5, 5.41) is 10.4. The number of phosphoric acid groups is 1. The third-order valence-corrected chi connectivity index (χ3v) is 2.61. The van der Waals surface area contributed by atoms with E-state index in [2.05, 4.69) is 4.52 Å². The van der Waals surface area contributed by atoms with Gasteiger partial charge in [0.2, 0.25) is 0 Å². The molecule has 1 rings (SSSR count). The second-order valence-electron chi connectivity index (χ2n) is 3.52. The summed E-state index contributed by atoms with van der Waals surface area (Å²) in [6.07, 6.45) is -0.976. The predicted molar refractivity (Wildman–Crippen MR) is 64.6 cm³/mol. The Kier molecular flexibility index (Phi) is 5.40. The Balaban J connectivity index is 2.55. The molecular weight excluding hydrogens is 279 g/mol. The molecule has 0 radical (unpaired) electrons. The van der Waals surface area contributed by atoms with Gasteiger partial charge in [0.25, 0.3) is 5.69 Å². The predicted octanol–water partition coefficient (Wildman–Crippen LogP) is 0.410. The summed E-state index contributed by atoms with van der Waals surface area (Å²) in [4.78, 5) is 27.1. The first-order valence-corrected chi connectivity index (χ1v) is 6.66. The Morgan fingerprint density at radius 3 is 2.37 bits per heavy atom. The lowest BCUT2D eigenvalue weighted by atomic mass is 10.3. The van der Waals surface area contributed by atoms with E-state index in [4.69, 9.17) is 20.3 Å². The van der Waals surface area contributed by atoms with Crippen LogP contribution < -0.4 is 10.5 Å². The number of benzene rings is 1. The van der Waals surface area contributed by atoms with Gasteiger partial charge in [0.05, 0.1) is 4.92 Å². The highest BCUT2D eigenvalue weighted by atomic mass is 31.2. The van der Waals surface area contributed by atoms with Crippen molar-refractivity contribution in [2.75, 3.05) is 13.2 Å². The average Bonchev–Trinajstić information content (AvgIpc) is 2.33. The van der Waals surface area contributed by atoms with Crippen molar-refractivity contribution in [3.05, 3.63) is 34.4 Å². The zero-order chi connectivity index (χ0) is 14.5. The van der Waals surface area contributed by atoms with Crippen LogP contribution in [0.5, 0.6) is 5.75 Å². The maximum Gasteiger partial charge on any atom is 0.470 e. The molecule has 0 aromatic heterocycles. The first-order valence-electron chi connectivity index (χ1n) is 5.13. The third-order valence-electron chi connectivity index (χ3n) is 2.03. The number of nitrogens with zero attached hydrogens (tertiary/aromatic N) is 1. The van der Waals surface area contributed by atoms with E-state index < -0.39 is 18.8 Å². The first kappa shape index (κ1) is 15.5. The largest absolute Gasteiger partial charge is 0.491 e. The van der Waals surface area contributed by atoms with Gasteiger partial charge in [-0.3, -0.25) is 14.6 Å². The summed E-state index contributed by atoms with van der Waals surface area (Å²) in [6, 6.07) is 5.22. The summed E-state index contributed by atoms with van der Waals surface area (Å²) in [5.41, 5.74) is 5.18. The van der Waals surface area contributed by atoms with Gasteiger partial charge in [-0.2, -0.15) is 0 Å². The van der Waals surface area contributed by atoms with Crippen molar-refractivity contribution < 1.29 is 28.5 Å². The van der Waals surface area contributed by atoms with Crippen LogP contribution in [-0.2, 0) is 9.09 Å². The van der Waals surface area contributed by atoms with Crippen LogP contribution >= 0.6 is 7.82 Å². The molecule has 0 aliphatic rings. The fourth-order valence-corrected chi connectivity index (χ4v) is 1.72. The Bertz CT molecular complexity index is 472. The quantitative estimate of drug-likeness (QED) is 0.372. The van der Waals surface area contributed by atoms with Gasteiger partial charge in [-0.15, -0.1) is 0 Å². The van der Waals surface area contributed by atoms with Crippen molar-refractivity contribution in [3.8, 4) is 5.75 Å². The van der Waals surface area contributed by atoms with Crippen molar-refractivity contribution >= 4 is 13.5 Å². The van der Waals surface area contributed by atoms with E-state index in [9.17, 15) is 14.7 Å². The fourth-order valence-electron chi connectivity index (χ4n) is 1.19. The number of hydrogen-bond acceptors (Lipinski definition) is 6. The van der Waals surface area contributed by atoms with E-state index in [1.54, 1.807) is 0 Å². The molecule has 19 heavy (non-hydrogen) atoms. The first-order chi connectivity index (χ1) is 8.81. The van der Waals surface area contributed by atoms with Crippen LogP contribution in [0.3, 0.4) is 0 Å². The molecule has 0 saturated heterocycles. The van der Waals surface area contributed by atoms with Crippen LogP contribution in [-0.4, -0.2) is 34.0 Å². The second-order valence-corrected chi connectivity index (χ2v) is 4.71. The number of nitro groups is 1. The lowest BCUT2D eigenvalue weighted by Crippen LogP contribution is -2.29. The standard InChI is InChI=1S/C9H13N2O7P/c10-5-9(18-19(14,15)16)6-17-8-3-1-7(2-4-8)11(12)13/h1-4,9H,5-6,10H2,(H2,14,15,16). The van der Waals surface area contributed by atoms with E-state index in [0.29, 0.717) is 5.75 Å². The Morgan fingerprint density at radius 1 is 1.37 bits per heavy atom. The van der Waals surface area contributed by atoms with Crippen LogP contribution in [0.4, 0.5) is 5.69 Å². The SMILES string of the molecule is NCC(COc1ccc([N+](=O)[O-])cc1)OP(=O)(O)O. The molecule has 9 nitrogen and oxygen atoms in total. The molecule has 0 fully saturated rings. The van der Waals surface area contributed by atoms with Crippen molar-refractivity contribution in [1.29, 1.82) is 0 Å². The second kappa shape index (κ2) is 6.60. The molecule has 106 valence electrons. The van der Waals surface area contributed by atoms with Gasteiger partial charge in [-0.1, -0.05) is 0 Å². The average molecular weight is 292 g/mol. The molecular formula is C9H13N2O7P. The summed E-state index contributed by atoms with van der Waals surface area (Å²) in [7, 11) is -4.63. The lowest BCUT2D eigenvalue weighted by molar-refractivity contribution is -0.384. The molecule has 1 atom stereocenters. The monoisotopic (exact) mass is 292 g/mol. The third kappa shape index (κ3) is 5.77. The maximum absolute atomic E-state index is 10.6. The fraction of sp³-hybridized carbons (Fsp3) is 0.333. The molecule has 0 bridgehead atoms. The van der Waals surface area contributed by atoms with Crippen molar-refractivity contribution in [1.82, 2.24) is 0 Å². The van der Waals surface area contributed by atoms with Gasteiger partial charge in [-0.25, -0.2) is 4.57 Å². The number of phosphoric ester groups is 1. The lowest BCUT2D eigenvalue weighted by Gasteiger charge is -2.16. The van der Waals surface area contributed by atoms with Gasteiger partial charge >= 0.3 is 7.82 Å². The van der Waals surface area contributed by atoms with Crippen molar-refractivity contribution in [3.63, 3.8) is 0 Å². The topological polar surface area (TPSA) is 145 Å². The minimum absolute atomic E-state index is 0.0887. The summed E-state index contributed by atoms with van der Waals surface area (Å²) in [6.45, 7) is -0.322. The maximum atomic E-state index is 10.6. The van der Waals surface area contributed by atoms with Crippen LogP contribution in [0.15, 0.2) is 24.3 Å². The molecule has 0 amide bonds. The minimum Gasteiger partial charge on any atom is -0.491 e.